The highest BCUT2D eigenvalue weighted by Crippen LogP contribution is 2.51. The number of fused-ring (bicyclic) bond motifs is 1. The smallest absolute Gasteiger partial charge is 0.460 e. The van der Waals surface area contributed by atoms with Crippen LogP contribution >= 0.6 is 0 Å². The number of aryl methyl sites for hydroxylation is 1. The second kappa shape index (κ2) is 11.1. The molecule has 206 valence electrons. The molecule has 1 amide bonds. The topological polar surface area (TPSA) is 85.7 Å². The number of esters is 1. The molecule has 5 rings (SSSR count). The average molecular weight is 543 g/mol. The normalized spacial score (nSPS) is 20.4. The molecule has 1 aliphatic carbocycles. The van der Waals surface area contributed by atoms with Crippen molar-refractivity contribution in [3.05, 3.63) is 83.4 Å². The van der Waals surface area contributed by atoms with Crippen molar-refractivity contribution in [1.82, 2.24) is 19.8 Å². The van der Waals surface area contributed by atoms with Crippen molar-refractivity contribution in [3.63, 3.8) is 0 Å². The Morgan fingerprint density at radius 3 is 2.49 bits per heavy atom. The molecule has 0 spiro atoms. The zero-order chi connectivity index (χ0) is 27.6. The highest BCUT2D eigenvalue weighted by Gasteiger charge is 2.55. The average Bonchev–Trinajstić information content (AvgIpc) is 3.16. The fourth-order valence-electron chi connectivity index (χ4n) is 5.25. The Labute approximate surface area is 223 Å². The Kier molecular flexibility index (Phi) is 7.60. The van der Waals surface area contributed by atoms with Gasteiger partial charge < -0.3 is 19.4 Å². The summed E-state index contributed by atoms with van der Waals surface area (Å²) in [7, 11) is 0. The van der Waals surface area contributed by atoms with Gasteiger partial charge in [0, 0.05) is 32.4 Å². The van der Waals surface area contributed by atoms with Gasteiger partial charge in [-0.3, -0.25) is 14.5 Å². The van der Waals surface area contributed by atoms with Crippen LogP contribution < -0.4 is 10.1 Å². The lowest BCUT2D eigenvalue weighted by atomic mass is 10.2. The van der Waals surface area contributed by atoms with Gasteiger partial charge in [-0.25, -0.2) is 4.98 Å². The zero-order valence-corrected chi connectivity index (χ0v) is 21.4. The van der Waals surface area contributed by atoms with Gasteiger partial charge >= 0.3 is 12.3 Å². The van der Waals surface area contributed by atoms with Crippen LogP contribution in [0.5, 0.6) is 5.75 Å². The summed E-state index contributed by atoms with van der Waals surface area (Å²) in [6, 6.07) is 15.3. The van der Waals surface area contributed by atoms with Crippen LogP contribution in [0.15, 0.2) is 60.8 Å². The molecular weight excluding hydrogens is 513 g/mol. The van der Waals surface area contributed by atoms with Crippen LogP contribution in [-0.4, -0.2) is 58.9 Å². The lowest BCUT2D eigenvalue weighted by molar-refractivity contribution is -0.274. The Hall–Kier alpha value is -3.86. The number of hydrogen-bond acceptors (Lipinski definition) is 6. The maximum atomic E-state index is 12.7. The summed E-state index contributed by atoms with van der Waals surface area (Å²) in [6.07, 6.45) is -3.17. The first-order valence-corrected chi connectivity index (χ1v) is 12.7. The third-order valence-corrected chi connectivity index (χ3v) is 7.23. The summed E-state index contributed by atoms with van der Waals surface area (Å²) >= 11 is 0. The number of ether oxygens (including phenoxy) is 2. The molecule has 11 heteroatoms. The van der Waals surface area contributed by atoms with Crippen molar-refractivity contribution in [1.29, 1.82) is 0 Å². The summed E-state index contributed by atoms with van der Waals surface area (Å²) in [4.78, 5) is 31.3. The summed E-state index contributed by atoms with van der Waals surface area (Å²) in [5, 5.41) is 2.95. The highest BCUT2D eigenvalue weighted by molar-refractivity contribution is 5.92. The first kappa shape index (κ1) is 26.7. The molecule has 2 fully saturated rings. The van der Waals surface area contributed by atoms with Crippen LogP contribution in [-0.2, 0) is 22.7 Å². The highest BCUT2D eigenvalue weighted by atomic mass is 19.4. The van der Waals surface area contributed by atoms with E-state index < -0.39 is 6.36 Å². The van der Waals surface area contributed by atoms with E-state index in [1.165, 1.54) is 18.2 Å². The summed E-state index contributed by atoms with van der Waals surface area (Å²) < 4.78 is 48.6. The molecule has 2 unspecified atom stereocenters. The van der Waals surface area contributed by atoms with E-state index in [0.717, 1.165) is 18.7 Å². The van der Waals surface area contributed by atoms with Gasteiger partial charge in [-0.1, -0.05) is 42.5 Å². The number of likely N-dealkylation sites (tertiary alicyclic amines) is 1. The Morgan fingerprint density at radius 1 is 1.05 bits per heavy atom. The fourth-order valence-corrected chi connectivity index (χ4v) is 5.25. The molecule has 8 nitrogen and oxygen atoms in total. The van der Waals surface area contributed by atoms with Gasteiger partial charge in [-0.15, -0.1) is 13.2 Å². The second-order valence-electron chi connectivity index (χ2n) is 10.0. The molecule has 1 saturated carbocycles. The SMILES string of the molecule is Cc1nc(C(=O)NCC2C3CN(CC(=O)OCc4ccccc4)CC23)cn1Cc1cccc(OC(F)(F)F)c1. The summed E-state index contributed by atoms with van der Waals surface area (Å²) in [5.74, 6) is 0.988. The van der Waals surface area contributed by atoms with Gasteiger partial charge in [0.1, 0.15) is 23.9 Å². The number of nitrogens with zero attached hydrogens (tertiary/aromatic N) is 3. The van der Waals surface area contributed by atoms with Crippen molar-refractivity contribution < 1.29 is 32.2 Å². The van der Waals surface area contributed by atoms with Crippen molar-refractivity contribution in [3.8, 4) is 5.75 Å². The minimum atomic E-state index is -4.76. The first-order valence-electron chi connectivity index (χ1n) is 12.7. The van der Waals surface area contributed by atoms with Gasteiger partial charge in [-0.2, -0.15) is 0 Å². The fraction of sp³-hybridized carbons (Fsp3) is 0.393. The van der Waals surface area contributed by atoms with Gasteiger partial charge in [0.05, 0.1) is 6.54 Å². The van der Waals surface area contributed by atoms with Crippen LogP contribution in [0.3, 0.4) is 0 Å². The van der Waals surface area contributed by atoms with Gasteiger partial charge in [0.2, 0.25) is 0 Å². The number of amides is 1. The number of rotatable bonds is 10. The standard InChI is InChI=1S/C28H29F3N4O4/c1-18-33-25(15-35(18)12-20-8-5-9-21(10-20)39-28(29,30)31)27(37)32-11-22-23-13-34(14-24(22)23)16-26(36)38-17-19-6-3-2-4-7-19/h2-10,15,22-24H,11-14,16-17H2,1H3,(H,32,37). The van der Waals surface area contributed by atoms with E-state index in [2.05, 4.69) is 19.9 Å². The van der Waals surface area contributed by atoms with E-state index in [0.29, 0.717) is 35.7 Å². The first-order chi connectivity index (χ1) is 18.6. The quantitative estimate of drug-likeness (QED) is 0.393. The molecule has 0 radical (unpaired) electrons. The number of halogens is 3. The number of carbonyl (C=O) groups excluding carboxylic acids is 2. The van der Waals surface area contributed by atoms with E-state index in [4.69, 9.17) is 4.74 Å². The molecule has 2 atom stereocenters. The lowest BCUT2D eigenvalue weighted by Gasteiger charge is -2.18. The number of carbonyl (C=O) groups is 2. The second-order valence-corrected chi connectivity index (χ2v) is 10.0. The maximum Gasteiger partial charge on any atom is 0.573 e. The third kappa shape index (κ3) is 6.97. The van der Waals surface area contributed by atoms with Crippen molar-refractivity contribution in [2.45, 2.75) is 26.4 Å². The van der Waals surface area contributed by atoms with E-state index >= 15 is 0 Å². The monoisotopic (exact) mass is 542 g/mol. The minimum absolute atomic E-state index is 0.240. The Balaban J connectivity index is 1.05. The molecule has 2 heterocycles. The maximum absolute atomic E-state index is 12.7. The molecule has 2 aromatic carbocycles. The Bertz CT molecular complexity index is 1320. The van der Waals surface area contributed by atoms with Crippen molar-refractivity contribution >= 4 is 11.9 Å². The molecule has 2 aliphatic rings. The van der Waals surface area contributed by atoms with Crippen molar-refractivity contribution in [2.24, 2.45) is 17.8 Å². The van der Waals surface area contributed by atoms with E-state index in [9.17, 15) is 22.8 Å². The molecule has 1 N–H and O–H groups in total. The summed E-state index contributed by atoms with van der Waals surface area (Å²) in [6.45, 7) is 4.65. The van der Waals surface area contributed by atoms with E-state index in [-0.39, 0.29) is 43.0 Å². The molecule has 1 saturated heterocycles. The van der Waals surface area contributed by atoms with Crippen LogP contribution in [0.4, 0.5) is 13.2 Å². The predicted molar refractivity (Wildman–Crippen MR) is 135 cm³/mol. The number of imidazole rings is 1. The molecule has 0 bridgehead atoms. The van der Waals surface area contributed by atoms with E-state index in [1.807, 2.05) is 30.3 Å². The molecular formula is C28H29F3N4O4. The van der Waals surface area contributed by atoms with Gasteiger partial charge in [0.15, 0.2) is 0 Å². The molecule has 1 aliphatic heterocycles. The number of benzene rings is 2. The number of alkyl halides is 3. The largest absolute Gasteiger partial charge is 0.573 e. The predicted octanol–water partition coefficient (Wildman–Crippen LogP) is 3.79. The zero-order valence-electron chi connectivity index (χ0n) is 21.4. The molecule has 39 heavy (non-hydrogen) atoms. The Morgan fingerprint density at radius 2 is 1.77 bits per heavy atom. The minimum Gasteiger partial charge on any atom is -0.460 e. The van der Waals surface area contributed by atoms with Crippen molar-refractivity contribution in [2.75, 3.05) is 26.2 Å². The van der Waals surface area contributed by atoms with Crippen LogP contribution in [0.1, 0.15) is 27.4 Å². The number of hydrogen-bond donors (Lipinski definition) is 1. The molecule has 3 aromatic rings. The van der Waals surface area contributed by atoms with Gasteiger partial charge in [-0.05, 0) is 47.9 Å². The van der Waals surface area contributed by atoms with Crippen LogP contribution in [0.25, 0.3) is 0 Å². The van der Waals surface area contributed by atoms with Crippen LogP contribution in [0.2, 0.25) is 0 Å². The summed E-state index contributed by atoms with van der Waals surface area (Å²) in [5.41, 5.74) is 1.79. The van der Waals surface area contributed by atoms with Crippen LogP contribution in [0, 0.1) is 24.7 Å². The van der Waals surface area contributed by atoms with Gasteiger partial charge in [0.25, 0.3) is 5.91 Å². The third-order valence-electron chi connectivity index (χ3n) is 7.23. The van der Waals surface area contributed by atoms with E-state index in [1.54, 1.807) is 23.8 Å². The lowest BCUT2D eigenvalue weighted by Crippen LogP contribution is -2.34. The number of aromatic nitrogens is 2. The number of piperidine rings is 1. The number of nitrogens with one attached hydrogen (secondary N) is 1. The molecule has 1 aromatic heterocycles.